The summed E-state index contributed by atoms with van der Waals surface area (Å²) < 4.78 is 65.9. The fourth-order valence-corrected chi connectivity index (χ4v) is 4.12. The number of alkyl halides is 3. The molecule has 0 bridgehead atoms. The zero-order valence-electron chi connectivity index (χ0n) is 15.0. The van der Waals surface area contributed by atoms with E-state index in [1.165, 1.54) is 18.2 Å². The third-order valence-electron chi connectivity index (χ3n) is 4.25. The van der Waals surface area contributed by atoms with Crippen molar-refractivity contribution in [2.24, 2.45) is 0 Å². The molecule has 0 aliphatic carbocycles. The van der Waals surface area contributed by atoms with Crippen LogP contribution in [-0.2, 0) is 16.2 Å². The molecule has 0 spiro atoms. The maximum atomic E-state index is 13.2. The molecule has 0 aliphatic rings. The lowest BCUT2D eigenvalue weighted by atomic mass is 9.99. The molecule has 9 heteroatoms. The Bertz CT molecular complexity index is 1190. The second kappa shape index (κ2) is 7.32. The Kier molecular flexibility index (Phi) is 5.18. The first-order valence-electron chi connectivity index (χ1n) is 8.26. The minimum atomic E-state index is -4.77. The number of carbonyl (C=O) groups excluding carboxylic acids is 2. The second-order valence-corrected chi connectivity index (χ2v) is 8.07. The van der Waals surface area contributed by atoms with Crippen LogP contribution in [0.1, 0.15) is 37.5 Å². The molecule has 0 fully saturated rings. The number of halogens is 3. The zero-order valence-corrected chi connectivity index (χ0v) is 15.8. The van der Waals surface area contributed by atoms with Crippen LogP contribution in [0.25, 0.3) is 0 Å². The fraction of sp³-hybridized carbons (Fsp3) is 0.100. The van der Waals surface area contributed by atoms with E-state index in [-0.39, 0.29) is 22.4 Å². The van der Waals surface area contributed by atoms with Gasteiger partial charge in [-0.25, -0.2) is 12.4 Å². The molecule has 0 unspecified atom stereocenters. The summed E-state index contributed by atoms with van der Waals surface area (Å²) in [7, 11) is -4.22. The van der Waals surface area contributed by atoms with Gasteiger partial charge < -0.3 is 0 Å². The summed E-state index contributed by atoms with van der Waals surface area (Å²) in [6, 6.07) is 10.9. The molecule has 0 saturated carbocycles. The number of benzene rings is 2. The van der Waals surface area contributed by atoms with E-state index in [1.807, 2.05) is 0 Å². The number of aromatic nitrogens is 1. The SMILES string of the molecule is Cc1ccc(S(=O)(=O)n2cc(C(=O)c3ccccc3C(F)(F)F)cc2C=O)cc1. The fourth-order valence-electron chi connectivity index (χ4n) is 2.79. The van der Waals surface area contributed by atoms with Crippen molar-refractivity contribution in [1.82, 2.24) is 3.97 Å². The molecule has 1 aromatic heterocycles. The van der Waals surface area contributed by atoms with Gasteiger partial charge in [-0.05, 0) is 31.2 Å². The van der Waals surface area contributed by atoms with Crippen LogP contribution in [0.5, 0.6) is 0 Å². The van der Waals surface area contributed by atoms with Crippen molar-refractivity contribution in [3.63, 3.8) is 0 Å². The molecule has 3 rings (SSSR count). The molecule has 0 N–H and O–H groups in total. The summed E-state index contributed by atoms with van der Waals surface area (Å²) in [5.74, 6) is -1.04. The Morgan fingerprint density at radius 2 is 1.66 bits per heavy atom. The van der Waals surface area contributed by atoms with Gasteiger partial charge in [0, 0.05) is 17.3 Å². The normalized spacial score (nSPS) is 12.0. The molecule has 0 amide bonds. The maximum Gasteiger partial charge on any atom is 0.417 e. The Balaban J connectivity index is 2.12. The Labute approximate surface area is 164 Å². The van der Waals surface area contributed by atoms with E-state index in [4.69, 9.17) is 0 Å². The molecule has 3 aromatic rings. The van der Waals surface area contributed by atoms with Crippen LogP contribution in [0, 0.1) is 6.92 Å². The highest BCUT2D eigenvalue weighted by molar-refractivity contribution is 7.90. The summed E-state index contributed by atoms with van der Waals surface area (Å²) in [6.07, 6.45) is -3.69. The first-order chi connectivity index (χ1) is 13.6. The Hall–Kier alpha value is -3.20. The van der Waals surface area contributed by atoms with E-state index < -0.39 is 33.1 Å². The van der Waals surface area contributed by atoms with E-state index >= 15 is 0 Å². The molecular formula is C20H14F3NO4S. The van der Waals surface area contributed by atoms with E-state index in [9.17, 15) is 31.2 Å². The summed E-state index contributed by atoms with van der Waals surface area (Å²) >= 11 is 0. The second-order valence-electron chi connectivity index (χ2n) is 6.26. The van der Waals surface area contributed by atoms with Gasteiger partial charge >= 0.3 is 6.18 Å². The van der Waals surface area contributed by atoms with E-state index in [2.05, 4.69) is 0 Å². The van der Waals surface area contributed by atoms with Gasteiger partial charge in [0.2, 0.25) is 0 Å². The largest absolute Gasteiger partial charge is 0.417 e. The lowest BCUT2D eigenvalue weighted by Gasteiger charge is -2.11. The van der Waals surface area contributed by atoms with Crippen LogP contribution in [0.2, 0.25) is 0 Å². The minimum absolute atomic E-state index is 0.128. The van der Waals surface area contributed by atoms with Gasteiger partial charge in [0.05, 0.1) is 16.2 Å². The summed E-state index contributed by atoms with van der Waals surface area (Å²) in [6.45, 7) is 1.76. The number of rotatable bonds is 5. The van der Waals surface area contributed by atoms with E-state index in [0.29, 0.717) is 3.97 Å². The third-order valence-corrected chi connectivity index (χ3v) is 5.95. The number of hydrogen-bond donors (Lipinski definition) is 0. The molecule has 0 radical (unpaired) electrons. The van der Waals surface area contributed by atoms with Crippen LogP contribution >= 0.6 is 0 Å². The third kappa shape index (κ3) is 3.86. The predicted octanol–water partition coefficient (Wildman–Crippen LogP) is 4.10. The monoisotopic (exact) mass is 421 g/mol. The number of nitrogens with zero attached hydrogens (tertiary/aromatic N) is 1. The standard InChI is InChI=1S/C20H14F3NO4S/c1-13-6-8-16(9-7-13)29(27,28)24-11-14(10-15(24)12-25)19(26)17-4-2-3-5-18(17)20(21,22)23/h2-12H,1H3. The highest BCUT2D eigenvalue weighted by Gasteiger charge is 2.35. The highest BCUT2D eigenvalue weighted by atomic mass is 32.2. The highest BCUT2D eigenvalue weighted by Crippen LogP contribution is 2.33. The molecule has 0 aliphatic heterocycles. The van der Waals surface area contributed by atoms with Crippen molar-refractivity contribution >= 4 is 22.1 Å². The predicted molar refractivity (Wildman–Crippen MR) is 98.5 cm³/mol. The van der Waals surface area contributed by atoms with Gasteiger partial charge in [-0.1, -0.05) is 35.9 Å². The van der Waals surface area contributed by atoms with Gasteiger partial charge in [-0.15, -0.1) is 0 Å². The Morgan fingerprint density at radius 1 is 1.03 bits per heavy atom. The van der Waals surface area contributed by atoms with Gasteiger partial charge in [-0.2, -0.15) is 13.2 Å². The van der Waals surface area contributed by atoms with Crippen LogP contribution < -0.4 is 0 Å². The summed E-state index contributed by atoms with van der Waals surface area (Å²) in [5, 5.41) is 0. The summed E-state index contributed by atoms with van der Waals surface area (Å²) in [4.78, 5) is 23.9. The average Bonchev–Trinajstić information content (AvgIpc) is 3.12. The quantitative estimate of drug-likeness (QED) is 0.459. The number of ketones is 1. The van der Waals surface area contributed by atoms with Crippen LogP contribution in [0.4, 0.5) is 13.2 Å². The average molecular weight is 421 g/mol. The number of aryl methyl sites for hydroxylation is 1. The number of hydrogen-bond acceptors (Lipinski definition) is 4. The first-order valence-corrected chi connectivity index (χ1v) is 9.70. The molecular weight excluding hydrogens is 407 g/mol. The van der Waals surface area contributed by atoms with Gasteiger partial charge in [0.15, 0.2) is 12.1 Å². The number of aldehydes is 1. The van der Waals surface area contributed by atoms with Crippen molar-refractivity contribution < 1.29 is 31.2 Å². The van der Waals surface area contributed by atoms with Crippen molar-refractivity contribution in [3.8, 4) is 0 Å². The summed E-state index contributed by atoms with van der Waals surface area (Å²) in [5.41, 5.74) is -1.70. The Morgan fingerprint density at radius 3 is 2.24 bits per heavy atom. The van der Waals surface area contributed by atoms with E-state index in [1.54, 1.807) is 19.1 Å². The molecule has 0 saturated heterocycles. The first kappa shape index (κ1) is 20.5. The topological polar surface area (TPSA) is 73.2 Å². The van der Waals surface area contributed by atoms with Gasteiger partial charge in [0.1, 0.15) is 0 Å². The van der Waals surface area contributed by atoms with Gasteiger partial charge in [-0.3, -0.25) is 9.59 Å². The van der Waals surface area contributed by atoms with Crippen molar-refractivity contribution in [2.45, 2.75) is 18.0 Å². The lowest BCUT2D eigenvalue weighted by molar-refractivity contribution is -0.137. The molecule has 2 aromatic carbocycles. The molecule has 1 heterocycles. The molecule has 150 valence electrons. The van der Waals surface area contributed by atoms with Crippen molar-refractivity contribution in [2.75, 3.05) is 0 Å². The van der Waals surface area contributed by atoms with Crippen molar-refractivity contribution in [3.05, 3.63) is 88.7 Å². The van der Waals surface area contributed by atoms with E-state index in [0.717, 1.165) is 36.0 Å². The lowest BCUT2D eigenvalue weighted by Crippen LogP contribution is -2.15. The van der Waals surface area contributed by atoms with Crippen LogP contribution in [0.15, 0.2) is 65.7 Å². The van der Waals surface area contributed by atoms with Crippen molar-refractivity contribution in [1.29, 1.82) is 0 Å². The smallest absolute Gasteiger partial charge is 0.296 e. The maximum absolute atomic E-state index is 13.2. The zero-order chi connectivity index (χ0) is 21.4. The molecule has 5 nitrogen and oxygen atoms in total. The number of carbonyl (C=O) groups is 2. The van der Waals surface area contributed by atoms with Crippen LogP contribution in [0.3, 0.4) is 0 Å². The molecule has 29 heavy (non-hydrogen) atoms. The minimum Gasteiger partial charge on any atom is -0.296 e. The van der Waals surface area contributed by atoms with Gasteiger partial charge in [0.25, 0.3) is 10.0 Å². The molecule has 0 atom stereocenters. The van der Waals surface area contributed by atoms with Crippen LogP contribution in [-0.4, -0.2) is 24.5 Å².